The first kappa shape index (κ1) is 9.46. The van der Waals surface area contributed by atoms with E-state index in [1.54, 1.807) is 6.07 Å². The minimum absolute atomic E-state index is 0.386. The molecule has 0 bridgehead atoms. The van der Waals surface area contributed by atoms with E-state index in [9.17, 15) is 4.39 Å². The van der Waals surface area contributed by atoms with Gasteiger partial charge in [-0.3, -0.25) is 0 Å². The normalized spacial score (nSPS) is 18.7. The van der Waals surface area contributed by atoms with E-state index in [0.717, 1.165) is 0 Å². The van der Waals surface area contributed by atoms with Gasteiger partial charge in [-0.15, -0.1) is 0 Å². The topological polar surface area (TPSA) is 21.3 Å². The molecule has 1 aromatic carbocycles. The summed E-state index contributed by atoms with van der Waals surface area (Å²) in [6.45, 7) is 3.25. The fraction of sp³-hybridized carbons (Fsp3) is 0.455. The molecule has 0 spiro atoms. The van der Waals surface area contributed by atoms with Crippen LogP contribution in [0, 0.1) is 0 Å². The highest BCUT2D eigenvalue weighted by molar-refractivity contribution is 5.40. The quantitative estimate of drug-likeness (QED) is 0.794. The number of rotatable bonds is 3. The van der Waals surface area contributed by atoms with Crippen LogP contribution >= 0.6 is 0 Å². The summed E-state index contributed by atoms with van der Waals surface area (Å²) in [5, 5.41) is 2.94. The minimum atomic E-state index is -1.23. The molecule has 0 atom stereocenters. The molecule has 0 aliphatic carbocycles. The Morgan fingerprint density at radius 3 is 2.71 bits per heavy atom. The summed E-state index contributed by atoms with van der Waals surface area (Å²) in [5.74, 6) is 0.666. The molecular formula is C11H14FNO. The molecule has 2 rings (SSSR count). The van der Waals surface area contributed by atoms with Crippen LogP contribution in [0.15, 0.2) is 24.3 Å². The summed E-state index contributed by atoms with van der Waals surface area (Å²) in [7, 11) is 0. The molecule has 1 aliphatic heterocycles. The zero-order valence-electron chi connectivity index (χ0n) is 8.22. The van der Waals surface area contributed by atoms with E-state index in [1.807, 2.05) is 25.1 Å². The van der Waals surface area contributed by atoms with E-state index in [2.05, 4.69) is 5.32 Å². The maximum atomic E-state index is 14.1. The Morgan fingerprint density at radius 1 is 1.43 bits per heavy atom. The van der Waals surface area contributed by atoms with Crippen molar-refractivity contribution in [1.82, 2.24) is 5.32 Å². The predicted molar refractivity (Wildman–Crippen MR) is 53.3 cm³/mol. The van der Waals surface area contributed by atoms with E-state index in [-0.39, 0.29) is 0 Å². The molecule has 0 aromatic heterocycles. The van der Waals surface area contributed by atoms with Gasteiger partial charge in [0.1, 0.15) is 5.75 Å². The molecule has 1 heterocycles. The highest BCUT2D eigenvalue weighted by Gasteiger charge is 2.40. The summed E-state index contributed by atoms with van der Waals surface area (Å²) >= 11 is 0. The molecule has 1 N–H and O–H groups in total. The monoisotopic (exact) mass is 195 g/mol. The van der Waals surface area contributed by atoms with Gasteiger partial charge in [0.15, 0.2) is 5.67 Å². The zero-order chi connectivity index (χ0) is 10.0. The number of nitrogens with one attached hydrogen (secondary N) is 1. The van der Waals surface area contributed by atoms with Crippen molar-refractivity contribution in [2.45, 2.75) is 12.6 Å². The van der Waals surface area contributed by atoms with Crippen LogP contribution in [0.1, 0.15) is 12.5 Å². The van der Waals surface area contributed by atoms with Crippen molar-refractivity contribution in [2.75, 3.05) is 19.7 Å². The van der Waals surface area contributed by atoms with Crippen LogP contribution in [0.3, 0.4) is 0 Å². The van der Waals surface area contributed by atoms with Gasteiger partial charge < -0.3 is 10.1 Å². The average molecular weight is 195 g/mol. The third-order valence-corrected chi connectivity index (χ3v) is 2.48. The van der Waals surface area contributed by atoms with Gasteiger partial charge in [-0.1, -0.05) is 18.2 Å². The molecule has 0 saturated carbocycles. The largest absolute Gasteiger partial charge is 0.493 e. The summed E-state index contributed by atoms with van der Waals surface area (Å²) in [6.07, 6.45) is 0. The molecule has 1 aromatic rings. The molecule has 3 heteroatoms. The lowest BCUT2D eigenvalue weighted by molar-refractivity contribution is 0.0850. The van der Waals surface area contributed by atoms with Crippen LogP contribution in [0.2, 0.25) is 0 Å². The number of para-hydroxylation sites is 1. The van der Waals surface area contributed by atoms with Crippen molar-refractivity contribution in [3.05, 3.63) is 29.8 Å². The number of hydrogen-bond acceptors (Lipinski definition) is 2. The van der Waals surface area contributed by atoms with Crippen LogP contribution in [-0.2, 0) is 5.67 Å². The van der Waals surface area contributed by atoms with Gasteiger partial charge >= 0.3 is 0 Å². The molecule has 76 valence electrons. The second-order valence-electron chi connectivity index (χ2n) is 3.50. The van der Waals surface area contributed by atoms with Gasteiger partial charge in [0.2, 0.25) is 0 Å². The van der Waals surface area contributed by atoms with Crippen molar-refractivity contribution in [3.8, 4) is 5.75 Å². The maximum absolute atomic E-state index is 14.1. The van der Waals surface area contributed by atoms with E-state index >= 15 is 0 Å². The Morgan fingerprint density at radius 2 is 2.14 bits per heavy atom. The number of ether oxygens (including phenoxy) is 1. The first-order valence-electron chi connectivity index (χ1n) is 4.88. The van der Waals surface area contributed by atoms with E-state index in [4.69, 9.17) is 4.74 Å². The Bertz CT molecular complexity index is 323. The van der Waals surface area contributed by atoms with Crippen LogP contribution in [0.4, 0.5) is 4.39 Å². The lowest BCUT2D eigenvalue weighted by atomic mass is 9.89. The first-order chi connectivity index (χ1) is 6.76. The van der Waals surface area contributed by atoms with Gasteiger partial charge in [-0.25, -0.2) is 4.39 Å². The van der Waals surface area contributed by atoms with Crippen molar-refractivity contribution in [1.29, 1.82) is 0 Å². The molecule has 0 unspecified atom stereocenters. The van der Waals surface area contributed by atoms with E-state index in [0.29, 0.717) is 31.0 Å². The Balaban J connectivity index is 2.31. The van der Waals surface area contributed by atoms with Crippen molar-refractivity contribution >= 4 is 0 Å². The number of hydrogen-bond donors (Lipinski definition) is 1. The fourth-order valence-electron chi connectivity index (χ4n) is 1.65. The third kappa shape index (κ3) is 1.48. The van der Waals surface area contributed by atoms with Crippen molar-refractivity contribution in [2.24, 2.45) is 0 Å². The Hall–Kier alpha value is -1.09. The molecule has 0 amide bonds. The number of alkyl halides is 1. The van der Waals surface area contributed by atoms with Crippen LogP contribution < -0.4 is 10.1 Å². The predicted octanol–water partition coefficient (Wildman–Crippen LogP) is 1.85. The molecule has 14 heavy (non-hydrogen) atoms. The van der Waals surface area contributed by atoms with E-state index < -0.39 is 5.67 Å². The summed E-state index contributed by atoms with van der Waals surface area (Å²) in [6, 6.07) is 7.33. The molecule has 2 nitrogen and oxygen atoms in total. The van der Waals surface area contributed by atoms with Gasteiger partial charge in [0, 0.05) is 18.7 Å². The van der Waals surface area contributed by atoms with Gasteiger partial charge in [0.05, 0.1) is 6.61 Å². The lowest BCUT2D eigenvalue weighted by Crippen LogP contribution is -2.53. The number of benzene rings is 1. The third-order valence-electron chi connectivity index (χ3n) is 2.48. The lowest BCUT2D eigenvalue weighted by Gasteiger charge is -2.36. The molecule has 1 aliphatic rings. The van der Waals surface area contributed by atoms with Crippen LogP contribution in [0.5, 0.6) is 5.75 Å². The SMILES string of the molecule is CCOc1ccccc1C1(F)CNC1. The van der Waals surface area contributed by atoms with Gasteiger partial charge in [-0.05, 0) is 13.0 Å². The highest BCUT2D eigenvalue weighted by Crippen LogP contribution is 2.36. The highest BCUT2D eigenvalue weighted by atomic mass is 19.1. The average Bonchev–Trinajstić information content (AvgIpc) is 2.16. The minimum Gasteiger partial charge on any atom is -0.493 e. The number of halogens is 1. The molecule has 0 radical (unpaired) electrons. The second kappa shape index (κ2) is 3.58. The molecule has 1 saturated heterocycles. The zero-order valence-corrected chi connectivity index (χ0v) is 8.22. The van der Waals surface area contributed by atoms with Crippen LogP contribution in [0.25, 0.3) is 0 Å². The standard InChI is InChI=1S/C11H14FNO/c1-2-14-10-6-4-3-5-9(10)11(12)7-13-8-11/h3-6,13H,2,7-8H2,1H3. The summed E-state index contributed by atoms with van der Waals surface area (Å²) in [4.78, 5) is 0. The first-order valence-corrected chi connectivity index (χ1v) is 4.88. The molecule has 1 fully saturated rings. The van der Waals surface area contributed by atoms with E-state index in [1.165, 1.54) is 0 Å². The Labute approximate surface area is 83.1 Å². The second-order valence-corrected chi connectivity index (χ2v) is 3.50. The van der Waals surface area contributed by atoms with Crippen LogP contribution in [-0.4, -0.2) is 19.7 Å². The van der Waals surface area contributed by atoms with Crippen molar-refractivity contribution in [3.63, 3.8) is 0 Å². The smallest absolute Gasteiger partial charge is 0.164 e. The summed E-state index contributed by atoms with van der Waals surface area (Å²) in [5.41, 5.74) is -0.563. The molecular weight excluding hydrogens is 181 g/mol. The maximum Gasteiger partial charge on any atom is 0.164 e. The summed E-state index contributed by atoms with van der Waals surface area (Å²) < 4.78 is 19.5. The fourth-order valence-corrected chi connectivity index (χ4v) is 1.65. The van der Waals surface area contributed by atoms with Crippen molar-refractivity contribution < 1.29 is 9.13 Å². The van der Waals surface area contributed by atoms with Gasteiger partial charge in [-0.2, -0.15) is 0 Å². The Kier molecular flexibility index (Phi) is 2.42. The van der Waals surface area contributed by atoms with Gasteiger partial charge in [0.25, 0.3) is 0 Å².